The summed E-state index contributed by atoms with van der Waals surface area (Å²) in [4.78, 5) is 4.33. The van der Waals surface area contributed by atoms with Crippen LogP contribution < -0.4 is 0 Å². The maximum Gasteiger partial charge on any atom is 0.155 e. The standard InChI is InChI=1S/C16H13Cl2N3/c1-11-7-8-19-14(9-11)21-16(18)13(10-17)15(20-21)12-5-3-2-4-6-12/h2-9H,10H2,1H3. The van der Waals surface area contributed by atoms with Crippen molar-refractivity contribution in [3.63, 3.8) is 0 Å². The van der Waals surface area contributed by atoms with Gasteiger partial charge in [0, 0.05) is 17.3 Å². The smallest absolute Gasteiger partial charge is 0.155 e. The molecule has 21 heavy (non-hydrogen) atoms. The monoisotopic (exact) mass is 317 g/mol. The Balaban J connectivity index is 2.18. The van der Waals surface area contributed by atoms with Crippen LogP contribution in [0.2, 0.25) is 5.15 Å². The summed E-state index contributed by atoms with van der Waals surface area (Å²) in [5.74, 6) is 0.989. The highest BCUT2D eigenvalue weighted by atomic mass is 35.5. The van der Waals surface area contributed by atoms with E-state index in [2.05, 4.69) is 10.1 Å². The lowest BCUT2D eigenvalue weighted by molar-refractivity contribution is 0.848. The number of hydrogen-bond acceptors (Lipinski definition) is 2. The number of rotatable bonds is 3. The molecule has 0 unspecified atom stereocenters. The summed E-state index contributed by atoms with van der Waals surface area (Å²) < 4.78 is 1.63. The Morgan fingerprint density at radius 2 is 1.90 bits per heavy atom. The summed E-state index contributed by atoms with van der Waals surface area (Å²) in [5, 5.41) is 5.10. The van der Waals surface area contributed by atoms with E-state index in [4.69, 9.17) is 23.2 Å². The molecule has 0 saturated heterocycles. The second kappa shape index (κ2) is 5.88. The highest BCUT2D eigenvalue weighted by Gasteiger charge is 2.18. The highest BCUT2D eigenvalue weighted by molar-refractivity contribution is 6.32. The molecule has 2 heterocycles. The van der Waals surface area contributed by atoms with Gasteiger partial charge in [0.15, 0.2) is 5.82 Å². The predicted molar refractivity (Wildman–Crippen MR) is 86.1 cm³/mol. The first-order valence-corrected chi connectivity index (χ1v) is 7.43. The van der Waals surface area contributed by atoms with E-state index in [0.29, 0.717) is 16.9 Å². The van der Waals surface area contributed by atoms with E-state index in [1.165, 1.54) is 0 Å². The van der Waals surface area contributed by atoms with Crippen molar-refractivity contribution in [2.45, 2.75) is 12.8 Å². The normalized spacial score (nSPS) is 10.8. The Hall–Kier alpha value is -1.84. The molecule has 3 rings (SSSR count). The van der Waals surface area contributed by atoms with Crippen LogP contribution in [-0.4, -0.2) is 14.8 Å². The molecular formula is C16H13Cl2N3. The zero-order valence-electron chi connectivity index (χ0n) is 11.4. The van der Waals surface area contributed by atoms with E-state index < -0.39 is 0 Å². The van der Waals surface area contributed by atoms with Crippen LogP contribution in [0.1, 0.15) is 11.1 Å². The fourth-order valence-corrected chi connectivity index (χ4v) is 2.77. The molecule has 0 aliphatic rings. The molecule has 0 N–H and O–H groups in total. The van der Waals surface area contributed by atoms with Gasteiger partial charge in [-0.2, -0.15) is 5.10 Å². The van der Waals surface area contributed by atoms with Crippen molar-refractivity contribution in [1.82, 2.24) is 14.8 Å². The largest absolute Gasteiger partial charge is 0.237 e. The second-order valence-corrected chi connectivity index (χ2v) is 5.35. The number of alkyl halides is 1. The Kier molecular flexibility index (Phi) is 3.95. The minimum atomic E-state index is 0.300. The van der Waals surface area contributed by atoms with Gasteiger partial charge in [0.25, 0.3) is 0 Å². The highest BCUT2D eigenvalue weighted by Crippen LogP contribution is 2.31. The van der Waals surface area contributed by atoms with Gasteiger partial charge in [-0.25, -0.2) is 9.67 Å². The van der Waals surface area contributed by atoms with Crippen LogP contribution in [-0.2, 0) is 5.88 Å². The van der Waals surface area contributed by atoms with Crippen LogP contribution in [0.3, 0.4) is 0 Å². The topological polar surface area (TPSA) is 30.7 Å². The molecule has 5 heteroatoms. The molecule has 2 aromatic heterocycles. The van der Waals surface area contributed by atoms with Crippen molar-refractivity contribution < 1.29 is 0 Å². The minimum absolute atomic E-state index is 0.300. The summed E-state index contributed by atoms with van der Waals surface area (Å²) in [5.41, 5.74) is 3.69. The first-order valence-electron chi connectivity index (χ1n) is 6.52. The van der Waals surface area contributed by atoms with Crippen LogP contribution in [0.4, 0.5) is 0 Å². The third kappa shape index (κ3) is 2.67. The summed E-state index contributed by atoms with van der Waals surface area (Å²) in [6.45, 7) is 2.00. The Bertz CT molecular complexity index is 766. The van der Waals surface area contributed by atoms with Crippen molar-refractivity contribution in [3.05, 3.63) is 64.9 Å². The first kappa shape index (κ1) is 14.1. The third-order valence-corrected chi connectivity index (χ3v) is 3.88. The van der Waals surface area contributed by atoms with Crippen LogP contribution in [0, 0.1) is 6.92 Å². The molecule has 106 valence electrons. The van der Waals surface area contributed by atoms with Crippen molar-refractivity contribution in [1.29, 1.82) is 0 Å². The summed E-state index contributed by atoms with van der Waals surface area (Å²) in [7, 11) is 0. The van der Waals surface area contributed by atoms with E-state index >= 15 is 0 Å². The SMILES string of the molecule is Cc1ccnc(-n2nc(-c3ccccc3)c(CCl)c2Cl)c1. The molecule has 3 aromatic rings. The van der Waals surface area contributed by atoms with E-state index in [0.717, 1.165) is 22.4 Å². The molecule has 0 bridgehead atoms. The van der Waals surface area contributed by atoms with E-state index in [1.807, 2.05) is 49.4 Å². The quantitative estimate of drug-likeness (QED) is 0.659. The molecule has 0 aliphatic heterocycles. The Labute approximate surface area is 133 Å². The van der Waals surface area contributed by atoms with Gasteiger partial charge in [0.2, 0.25) is 0 Å². The van der Waals surface area contributed by atoms with Crippen molar-refractivity contribution >= 4 is 23.2 Å². The number of hydrogen-bond donors (Lipinski definition) is 0. The van der Waals surface area contributed by atoms with E-state index in [1.54, 1.807) is 10.9 Å². The number of pyridine rings is 1. The van der Waals surface area contributed by atoms with Gasteiger partial charge < -0.3 is 0 Å². The third-order valence-electron chi connectivity index (χ3n) is 3.22. The van der Waals surface area contributed by atoms with Gasteiger partial charge in [-0.3, -0.25) is 0 Å². The molecular weight excluding hydrogens is 305 g/mol. The molecule has 0 saturated carbocycles. The van der Waals surface area contributed by atoms with Crippen LogP contribution >= 0.6 is 23.2 Å². The number of halogens is 2. The summed E-state index contributed by atoms with van der Waals surface area (Å²) in [6.07, 6.45) is 1.74. The molecule has 0 atom stereocenters. The van der Waals surface area contributed by atoms with Gasteiger partial charge in [0.05, 0.1) is 11.6 Å². The molecule has 3 nitrogen and oxygen atoms in total. The Morgan fingerprint density at radius 1 is 1.14 bits per heavy atom. The zero-order chi connectivity index (χ0) is 14.8. The fraction of sp³-hybridized carbons (Fsp3) is 0.125. The molecule has 0 amide bonds. The molecule has 0 fully saturated rings. The number of benzene rings is 1. The van der Waals surface area contributed by atoms with Gasteiger partial charge >= 0.3 is 0 Å². The van der Waals surface area contributed by atoms with Crippen molar-refractivity contribution in [3.8, 4) is 17.1 Å². The van der Waals surface area contributed by atoms with Gasteiger partial charge in [-0.1, -0.05) is 41.9 Å². The molecule has 0 radical (unpaired) electrons. The maximum absolute atomic E-state index is 6.44. The van der Waals surface area contributed by atoms with Crippen LogP contribution in [0.25, 0.3) is 17.1 Å². The van der Waals surface area contributed by atoms with Crippen LogP contribution in [0.15, 0.2) is 48.7 Å². The number of nitrogens with zero attached hydrogens (tertiary/aromatic N) is 3. The average Bonchev–Trinajstić information content (AvgIpc) is 2.85. The van der Waals surface area contributed by atoms with E-state index in [9.17, 15) is 0 Å². The lowest BCUT2D eigenvalue weighted by Crippen LogP contribution is -2.00. The maximum atomic E-state index is 6.44. The van der Waals surface area contributed by atoms with Gasteiger partial charge in [-0.05, 0) is 24.6 Å². The lowest BCUT2D eigenvalue weighted by atomic mass is 10.1. The average molecular weight is 318 g/mol. The van der Waals surface area contributed by atoms with Gasteiger partial charge in [-0.15, -0.1) is 11.6 Å². The number of aryl methyl sites for hydroxylation is 1. The zero-order valence-corrected chi connectivity index (χ0v) is 12.9. The fourth-order valence-electron chi connectivity index (χ4n) is 2.16. The molecule has 0 aliphatic carbocycles. The van der Waals surface area contributed by atoms with Crippen LogP contribution in [0.5, 0.6) is 0 Å². The first-order chi connectivity index (χ1) is 10.2. The second-order valence-electron chi connectivity index (χ2n) is 4.72. The predicted octanol–water partition coefficient (Wildman–Crippen LogP) is 4.63. The minimum Gasteiger partial charge on any atom is -0.237 e. The summed E-state index contributed by atoms with van der Waals surface area (Å²) in [6, 6.07) is 13.7. The summed E-state index contributed by atoms with van der Waals surface area (Å²) >= 11 is 12.5. The lowest BCUT2D eigenvalue weighted by Gasteiger charge is -2.02. The molecule has 0 spiro atoms. The Morgan fingerprint density at radius 3 is 2.57 bits per heavy atom. The van der Waals surface area contributed by atoms with E-state index in [-0.39, 0.29) is 0 Å². The van der Waals surface area contributed by atoms with Crippen molar-refractivity contribution in [2.24, 2.45) is 0 Å². The van der Waals surface area contributed by atoms with Crippen molar-refractivity contribution in [2.75, 3.05) is 0 Å². The molecule has 1 aromatic carbocycles. The van der Waals surface area contributed by atoms with Gasteiger partial charge in [0.1, 0.15) is 5.15 Å². The number of aromatic nitrogens is 3.